The minimum Gasteiger partial charge on any atom is -0.122 e. The van der Waals surface area contributed by atoms with Crippen LogP contribution in [-0.4, -0.2) is 10.7 Å². The van der Waals surface area contributed by atoms with Crippen LogP contribution < -0.4 is 0 Å². The molecule has 0 unspecified atom stereocenters. The summed E-state index contributed by atoms with van der Waals surface area (Å²) in [5.41, 5.74) is 0. The highest BCUT2D eigenvalue weighted by atomic mass is 79.9. The van der Waals surface area contributed by atoms with Gasteiger partial charge < -0.3 is 0 Å². The van der Waals surface area contributed by atoms with Gasteiger partial charge in [0.25, 0.3) is 0 Å². The second kappa shape index (κ2) is 3.31. The van der Waals surface area contributed by atoms with E-state index in [9.17, 15) is 4.48 Å². The number of nitrogens with zero attached hydrogens (tertiary/aromatic N) is 1. The second-order valence-electron chi connectivity index (χ2n) is 0.774. The summed E-state index contributed by atoms with van der Waals surface area (Å²) in [5.74, 6) is 0. The zero-order valence-electron chi connectivity index (χ0n) is 3.19. The van der Waals surface area contributed by atoms with Crippen molar-refractivity contribution in [1.82, 2.24) is 4.15 Å². The molecule has 0 radical (unpaired) electrons. The van der Waals surface area contributed by atoms with Crippen molar-refractivity contribution in [3.05, 3.63) is 12.7 Å². The first-order valence-electron chi connectivity index (χ1n) is 1.47. The lowest BCUT2D eigenvalue weighted by Crippen LogP contribution is -1.94. The Kier molecular flexibility index (Phi) is 3.37. The number of hydrogen-bond donors (Lipinski definition) is 0. The lowest BCUT2D eigenvalue weighted by Gasteiger charge is -1.90. The Morgan fingerprint density at radius 1 is 2.00 bits per heavy atom. The van der Waals surface area contributed by atoms with Crippen LogP contribution in [0.1, 0.15) is 0 Å². The lowest BCUT2D eigenvalue weighted by atomic mass is 10.7. The molecule has 0 aromatic heterocycles. The minimum atomic E-state index is 0.222. The molecule has 0 saturated heterocycles. The van der Waals surface area contributed by atoms with E-state index in [0.29, 0.717) is 4.15 Å². The Morgan fingerprint density at radius 3 is 2.50 bits per heavy atom. The van der Waals surface area contributed by atoms with E-state index in [4.69, 9.17) is 0 Å². The van der Waals surface area contributed by atoms with E-state index in [-0.39, 0.29) is 6.54 Å². The van der Waals surface area contributed by atoms with Crippen molar-refractivity contribution >= 4 is 16.1 Å². The van der Waals surface area contributed by atoms with E-state index in [2.05, 4.69) is 22.7 Å². The molecule has 0 aliphatic rings. The van der Waals surface area contributed by atoms with Crippen molar-refractivity contribution in [2.75, 3.05) is 6.54 Å². The third-order valence-corrected chi connectivity index (χ3v) is 0.557. The van der Waals surface area contributed by atoms with E-state index in [1.807, 2.05) is 0 Å². The molecule has 0 aromatic rings. The summed E-state index contributed by atoms with van der Waals surface area (Å²) in [7, 11) is 0. The summed E-state index contributed by atoms with van der Waals surface area (Å²) in [5, 5.41) is 0. The van der Waals surface area contributed by atoms with E-state index in [1.54, 1.807) is 0 Å². The van der Waals surface area contributed by atoms with Gasteiger partial charge in [0.15, 0.2) is 0 Å². The van der Waals surface area contributed by atoms with Gasteiger partial charge in [0.05, 0.1) is 6.54 Å². The van der Waals surface area contributed by atoms with Crippen molar-refractivity contribution in [1.29, 1.82) is 0 Å². The Labute approximate surface area is 44.7 Å². The van der Waals surface area contributed by atoms with Crippen molar-refractivity contribution in [3.8, 4) is 0 Å². The highest BCUT2D eigenvalue weighted by Crippen LogP contribution is 1.94. The van der Waals surface area contributed by atoms with Crippen molar-refractivity contribution in [2.24, 2.45) is 0 Å². The summed E-state index contributed by atoms with van der Waals surface area (Å²) in [6, 6.07) is 0. The monoisotopic (exact) mass is 153 g/mol. The van der Waals surface area contributed by atoms with Gasteiger partial charge in [0.2, 0.25) is 0 Å². The van der Waals surface area contributed by atoms with E-state index < -0.39 is 0 Å². The maximum Gasteiger partial charge on any atom is 0.0589 e. The maximum atomic E-state index is 11.4. The van der Waals surface area contributed by atoms with Gasteiger partial charge >= 0.3 is 0 Å². The standard InChI is InChI=1S/C3H5BrFN/c1-2-3-6(4)5/h2H,1,3H2. The molecule has 0 spiro atoms. The third kappa shape index (κ3) is 4.11. The van der Waals surface area contributed by atoms with Crippen molar-refractivity contribution < 1.29 is 4.48 Å². The zero-order chi connectivity index (χ0) is 4.99. The van der Waals surface area contributed by atoms with Gasteiger partial charge in [-0.15, -0.1) is 11.1 Å². The fraction of sp³-hybridized carbons (Fsp3) is 0.333. The normalized spacial score (nSPS) is 9.17. The van der Waals surface area contributed by atoms with Gasteiger partial charge in [0, 0.05) is 16.1 Å². The van der Waals surface area contributed by atoms with Gasteiger partial charge in [-0.25, -0.2) is 0 Å². The molecule has 0 rings (SSSR count). The summed E-state index contributed by atoms with van der Waals surface area (Å²) in [6.45, 7) is 3.51. The van der Waals surface area contributed by atoms with Gasteiger partial charge in [-0.1, -0.05) is 10.2 Å². The summed E-state index contributed by atoms with van der Waals surface area (Å²) >= 11 is 2.53. The molecular weight excluding hydrogens is 149 g/mol. The molecule has 0 aliphatic carbocycles. The Balaban J connectivity index is 2.81. The van der Waals surface area contributed by atoms with Gasteiger partial charge in [-0.3, -0.25) is 0 Å². The van der Waals surface area contributed by atoms with E-state index in [0.717, 1.165) is 0 Å². The quantitative estimate of drug-likeness (QED) is 0.431. The Morgan fingerprint density at radius 2 is 2.50 bits per heavy atom. The van der Waals surface area contributed by atoms with Crippen LogP contribution >= 0.6 is 16.1 Å². The largest absolute Gasteiger partial charge is 0.122 e. The number of halogens is 2. The molecule has 0 aliphatic heterocycles. The first-order valence-corrected chi connectivity index (χ1v) is 2.18. The molecule has 1 nitrogen and oxygen atoms in total. The smallest absolute Gasteiger partial charge is 0.0589 e. The molecule has 0 aromatic carbocycles. The van der Waals surface area contributed by atoms with Crippen LogP contribution in [0.3, 0.4) is 0 Å². The van der Waals surface area contributed by atoms with Crippen LogP contribution in [0.4, 0.5) is 4.48 Å². The molecule has 0 N–H and O–H groups in total. The van der Waals surface area contributed by atoms with Crippen LogP contribution in [-0.2, 0) is 0 Å². The highest BCUT2D eigenvalue weighted by Gasteiger charge is 1.84. The fourth-order valence-electron chi connectivity index (χ4n) is 0.0976. The molecule has 0 bridgehead atoms. The molecule has 0 fully saturated rings. The molecule has 0 amide bonds. The summed E-state index contributed by atoms with van der Waals surface area (Å²) in [6.07, 6.45) is 1.45. The number of hydrogen-bond acceptors (Lipinski definition) is 1. The second-order valence-corrected chi connectivity index (χ2v) is 1.54. The van der Waals surface area contributed by atoms with Gasteiger partial charge in [-0.2, -0.15) is 0 Å². The summed E-state index contributed by atoms with van der Waals surface area (Å²) < 4.78 is 11.8. The predicted molar refractivity (Wildman–Crippen MR) is 26.9 cm³/mol. The average Bonchev–Trinajstić information content (AvgIpc) is 1.35. The first-order chi connectivity index (χ1) is 2.77. The lowest BCUT2D eigenvalue weighted by molar-refractivity contribution is 0.191. The third-order valence-electron chi connectivity index (χ3n) is 0.267. The topological polar surface area (TPSA) is 3.24 Å². The molecule has 36 valence electrons. The van der Waals surface area contributed by atoms with E-state index in [1.165, 1.54) is 6.08 Å². The van der Waals surface area contributed by atoms with Crippen LogP contribution in [0.25, 0.3) is 0 Å². The first kappa shape index (κ1) is 6.11. The van der Waals surface area contributed by atoms with Crippen LogP contribution in [0, 0.1) is 0 Å². The number of rotatable bonds is 2. The molecule has 0 atom stereocenters. The maximum absolute atomic E-state index is 11.4. The van der Waals surface area contributed by atoms with Crippen molar-refractivity contribution in [2.45, 2.75) is 0 Å². The predicted octanol–water partition coefficient (Wildman–Crippen LogP) is 1.67. The minimum absolute atomic E-state index is 0.222. The molecule has 0 saturated carbocycles. The van der Waals surface area contributed by atoms with Crippen molar-refractivity contribution in [3.63, 3.8) is 0 Å². The van der Waals surface area contributed by atoms with Crippen LogP contribution in [0.15, 0.2) is 12.7 Å². The molecule has 0 heterocycles. The SMILES string of the molecule is C=CCN(F)Br. The van der Waals surface area contributed by atoms with E-state index >= 15 is 0 Å². The molecule has 6 heavy (non-hydrogen) atoms. The molecule has 3 heteroatoms. The Bertz CT molecular complexity index is 46.1. The van der Waals surface area contributed by atoms with Crippen LogP contribution in [0.5, 0.6) is 0 Å². The fourth-order valence-corrected chi connectivity index (χ4v) is 0.302. The van der Waals surface area contributed by atoms with Gasteiger partial charge in [0.1, 0.15) is 0 Å². The zero-order valence-corrected chi connectivity index (χ0v) is 4.78. The van der Waals surface area contributed by atoms with Crippen LogP contribution in [0.2, 0.25) is 0 Å². The van der Waals surface area contributed by atoms with Gasteiger partial charge in [-0.05, 0) is 0 Å². The molecular formula is C3H5BrFN. The summed E-state index contributed by atoms with van der Waals surface area (Å²) in [4.78, 5) is 0. The Hall–Kier alpha value is 0.110. The highest BCUT2D eigenvalue weighted by molar-refractivity contribution is 9.07. The average molecular weight is 154 g/mol.